The van der Waals surface area contributed by atoms with Crippen LogP contribution in [-0.2, 0) is 0 Å². The molecule has 0 aromatic heterocycles. The van der Waals surface area contributed by atoms with Crippen molar-refractivity contribution in [2.45, 2.75) is 10.8 Å². The number of nitrogens with zero attached hydrogens (tertiary/aromatic N) is 3. The number of allylic oxidation sites excluding steroid dienone is 2. The number of fused-ring (bicyclic) bond motifs is 2. The van der Waals surface area contributed by atoms with Crippen LogP contribution in [0.3, 0.4) is 0 Å². The van der Waals surface area contributed by atoms with Crippen LogP contribution >= 0.6 is 11.8 Å². The van der Waals surface area contributed by atoms with Crippen LogP contribution in [0.15, 0.2) is 75.4 Å². The molecule has 28 heavy (non-hydrogen) atoms. The molecule has 2 aromatic carbocycles. The first-order chi connectivity index (χ1) is 13.6. The first-order valence-electron chi connectivity index (χ1n) is 8.40. The van der Waals surface area contributed by atoms with E-state index in [-0.39, 0.29) is 17.3 Å². The molecule has 1 amide bonds. The lowest BCUT2D eigenvalue weighted by Gasteiger charge is -2.37. The largest absolute Gasteiger partial charge is 0.497 e. The lowest BCUT2D eigenvalue weighted by molar-refractivity contribution is 0.0841. The molecule has 0 radical (unpaired) electrons. The molecule has 4 rings (SSSR count). The van der Waals surface area contributed by atoms with E-state index < -0.39 is 5.92 Å². The van der Waals surface area contributed by atoms with E-state index in [9.17, 15) is 15.3 Å². The molecule has 1 unspecified atom stereocenters. The highest BCUT2D eigenvalue weighted by Gasteiger charge is 2.42. The predicted octanol–water partition coefficient (Wildman–Crippen LogP) is 3.47. The monoisotopic (exact) mass is 386 g/mol. The highest BCUT2D eigenvalue weighted by molar-refractivity contribution is 8.03. The highest BCUT2D eigenvalue weighted by Crippen LogP contribution is 2.49. The second-order valence-corrected chi connectivity index (χ2v) is 7.22. The molecule has 0 saturated heterocycles. The van der Waals surface area contributed by atoms with Gasteiger partial charge in [-0.2, -0.15) is 10.5 Å². The number of ether oxygens (including phenoxy) is 1. The van der Waals surface area contributed by atoms with Gasteiger partial charge in [-0.25, -0.2) is 0 Å². The fourth-order valence-electron chi connectivity index (χ4n) is 3.41. The summed E-state index contributed by atoms with van der Waals surface area (Å²) in [6.45, 7) is 0. The number of nitrogens with two attached hydrogens (primary N) is 1. The third-order valence-corrected chi connectivity index (χ3v) is 5.89. The zero-order valence-electron chi connectivity index (χ0n) is 14.8. The minimum absolute atomic E-state index is 0.0522. The number of carbonyl (C=O) groups is 1. The summed E-state index contributed by atoms with van der Waals surface area (Å²) in [5.74, 6) is -0.347. The summed E-state index contributed by atoms with van der Waals surface area (Å²) in [5, 5.41) is 20.2. The van der Waals surface area contributed by atoms with Gasteiger partial charge in [0.15, 0.2) is 0 Å². The summed E-state index contributed by atoms with van der Waals surface area (Å²) in [4.78, 5) is 15.1. The molecule has 6 nitrogen and oxygen atoms in total. The van der Waals surface area contributed by atoms with Gasteiger partial charge < -0.3 is 10.5 Å². The number of amides is 1. The summed E-state index contributed by atoms with van der Waals surface area (Å²) in [6, 6.07) is 18.6. The third kappa shape index (κ3) is 2.53. The Morgan fingerprint density at radius 3 is 2.57 bits per heavy atom. The quantitative estimate of drug-likeness (QED) is 0.848. The van der Waals surface area contributed by atoms with Gasteiger partial charge >= 0.3 is 0 Å². The Kier molecular flexibility index (Phi) is 4.31. The molecule has 2 aliphatic rings. The fourth-order valence-corrected chi connectivity index (χ4v) is 4.58. The molecule has 2 heterocycles. The lowest BCUT2D eigenvalue weighted by Crippen LogP contribution is -2.40. The standard InChI is InChI=1S/C21H14N4O2S/c1-27-13-6-4-5-12(9-13)18-15(10-22)19(24)25-20(26)14-7-2-3-8-17(14)28-21(25)16(18)11-23/h2-9,18H,24H2,1H3. The maximum Gasteiger partial charge on any atom is 0.265 e. The normalized spacial score (nSPS) is 18.2. The van der Waals surface area contributed by atoms with Gasteiger partial charge in [0.2, 0.25) is 0 Å². The van der Waals surface area contributed by atoms with Gasteiger partial charge in [-0.05, 0) is 29.8 Å². The lowest BCUT2D eigenvalue weighted by atomic mass is 9.83. The minimum Gasteiger partial charge on any atom is -0.497 e. The topological polar surface area (TPSA) is 103 Å². The molecule has 7 heteroatoms. The molecule has 0 bridgehead atoms. The van der Waals surface area contributed by atoms with E-state index in [1.165, 1.54) is 16.7 Å². The smallest absolute Gasteiger partial charge is 0.265 e. The van der Waals surface area contributed by atoms with Crippen molar-refractivity contribution >= 4 is 17.7 Å². The molecule has 1 atom stereocenters. The molecule has 2 aromatic rings. The van der Waals surface area contributed by atoms with E-state index in [2.05, 4.69) is 12.1 Å². The van der Waals surface area contributed by atoms with E-state index in [4.69, 9.17) is 10.5 Å². The maximum absolute atomic E-state index is 13.1. The van der Waals surface area contributed by atoms with Crippen LogP contribution in [0.25, 0.3) is 0 Å². The highest BCUT2D eigenvalue weighted by atomic mass is 32.2. The van der Waals surface area contributed by atoms with Gasteiger partial charge in [-0.15, -0.1) is 0 Å². The molecular weight excluding hydrogens is 372 g/mol. The number of nitriles is 2. The molecule has 136 valence electrons. The van der Waals surface area contributed by atoms with Crippen LogP contribution in [0.1, 0.15) is 21.8 Å². The van der Waals surface area contributed by atoms with Crippen molar-refractivity contribution < 1.29 is 9.53 Å². The second kappa shape index (κ2) is 6.80. The molecule has 0 fully saturated rings. The van der Waals surface area contributed by atoms with E-state index in [0.29, 0.717) is 27.5 Å². The SMILES string of the molecule is COc1cccc(C2C(C#N)=C(N)N3C(=O)c4ccccc4SC3=C2C#N)c1. The van der Waals surface area contributed by atoms with Crippen molar-refractivity contribution in [3.8, 4) is 17.9 Å². The van der Waals surface area contributed by atoms with Gasteiger partial charge in [0, 0.05) is 4.90 Å². The summed E-state index contributed by atoms with van der Waals surface area (Å²) < 4.78 is 5.28. The number of hydrogen-bond acceptors (Lipinski definition) is 6. The van der Waals surface area contributed by atoms with Crippen LogP contribution in [0, 0.1) is 22.7 Å². The van der Waals surface area contributed by atoms with Gasteiger partial charge in [0.05, 0.1) is 41.9 Å². The van der Waals surface area contributed by atoms with E-state index in [1.54, 1.807) is 37.4 Å². The first kappa shape index (κ1) is 17.7. The average molecular weight is 386 g/mol. The average Bonchev–Trinajstić information content (AvgIpc) is 2.73. The fraction of sp³-hybridized carbons (Fsp3) is 0.0952. The van der Waals surface area contributed by atoms with Crippen LogP contribution in [-0.4, -0.2) is 17.9 Å². The Bertz CT molecular complexity index is 1150. The second-order valence-electron chi connectivity index (χ2n) is 6.19. The zero-order valence-corrected chi connectivity index (χ0v) is 15.7. The van der Waals surface area contributed by atoms with Crippen molar-refractivity contribution in [2.24, 2.45) is 5.73 Å². The predicted molar refractivity (Wildman–Crippen MR) is 104 cm³/mol. The number of hydrogen-bond donors (Lipinski definition) is 1. The van der Waals surface area contributed by atoms with Gasteiger partial charge in [0.25, 0.3) is 5.91 Å². The third-order valence-electron chi connectivity index (χ3n) is 4.72. The number of methoxy groups -OCH3 is 1. The molecule has 2 N–H and O–H groups in total. The van der Waals surface area contributed by atoms with Gasteiger partial charge in [-0.1, -0.05) is 36.0 Å². The Morgan fingerprint density at radius 2 is 1.86 bits per heavy atom. The number of rotatable bonds is 2. The molecule has 0 aliphatic carbocycles. The van der Waals surface area contributed by atoms with E-state index >= 15 is 0 Å². The number of benzene rings is 2. The van der Waals surface area contributed by atoms with Crippen LogP contribution in [0.2, 0.25) is 0 Å². The van der Waals surface area contributed by atoms with Crippen molar-refractivity contribution in [3.63, 3.8) is 0 Å². The van der Waals surface area contributed by atoms with Crippen LogP contribution in [0.4, 0.5) is 0 Å². The zero-order chi connectivity index (χ0) is 19.8. The minimum atomic E-state index is -0.665. The Labute approximate surface area is 166 Å². The molecular formula is C21H14N4O2S. The van der Waals surface area contributed by atoms with Crippen molar-refractivity contribution in [1.29, 1.82) is 10.5 Å². The number of thioether (sulfide) groups is 1. The van der Waals surface area contributed by atoms with Crippen LogP contribution in [0.5, 0.6) is 5.75 Å². The van der Waals surface area contributed by atoms with Crippen molar-refractivity contribution in [2.75, 3.05) is 7.11 Å². The number of carbonyl (C=O) groups excluding carboxylic acids is 1. The summed E-state index contributed by atoms with van der Waals surface area (Å²) in [6.07, 6.45) is 0. The summed E-state index contributed by atoms with van der Waals surface area (Å²) in [5.41, 5.74) is 7.96. The van der Waals surface area contributed by atoms with Crippen molar-refractivity contribution in [3.05, 3.63) is 81.7 Å². The summed E-state index contributed by atoms with van der Waals surface area (Å²) >= 11 is 1.31. The van der Waals surface area contributed by atoms with E-state index in [1.807, 2.05) is 18.2 Å². The Balaban J connectivity index is 1.97. The molecule has 0 spiro atoms. The van der Waals surface area contributed by atoms with Gasteiger partial charge in [-0.3, -0.25) is 9.69 Å². The van der Waals surface area contributed by atoms with Gasteiger partial charge in [0.1, 0.15) is 16.6 Å². The van der Waals surface area contributed by atoms with Crippen molar-refractivity contribution in [1.82, 2.24) is 4.90 Å². The maximum atomic E-state index is 13.1. The first-order valence-corrected chi connectivity index (χ1v) is 9.21. The van der Waals surface area contributed by atoms with Crippen LogP contribution < -0.4 is 10.5 Å². The molecule has 0 saturated carbocycles. The molecule has 2 aliphatic heterocycles. The van der Waals surface area contributed by atoms with E-state index in [0.717, 1.165) is 4.90 Å². The Morgan fingerprint density at radius 1 is 1.11 bits per heavy atom. The summed E-state index contributed by atoms with van der Waals surface area (Å²) in [7, 11) is 1.55. The Hall–Kier alpha value is -3.68.